The van der Waals surface area contributed by atoms with Gasteiger partial charge < -0.3 is 0 Å². The first-order valence-electron chi connectivity index (χ1n) is 4.87. The molecule has 16 heavy (non-hydrogen) atoms. The predicted octanol–water partition coefficient (Wildman–Crippen LogP) is 0.913. The molecule has 3 nitrogen and oxygen atoms in total. The van der Waals surface area contributed by atoms with Gasteiger partial charge >= 0.3 is 93.2 Å². The van der Waals surface area contributed by atoms with E-state index in [4.69, 9.17) is 0 Å². The van der Waals surface area contributed by atoms with Gasteiger partial charge in [0.2, 0.25) is 0 Å². The van der Waals surface area contributed by atoms with Gasteiger partial charge in [0, 0.05) is 0 Å². The molecule has 0 heterocycles. The Morgan fingerprint density at radius 1 is 0.562 bits per heavy atom. The molecule has 0 fully saturated rings. The number of hydrogen-bond acceptors (Lipinski definition) is 3. The molecule has 0 saturated carbocycles. The first-order valence-corrected chi connectivity index (χ1v) is 6.96. The average Bonchev–Trinajstić information content (AvgIpc) is 2.31. The standard InChI is InChI=1S/C12H13O3P/c13-16(14,15,11-7-3-1-4-8-11)12-9-5-2-6-10-12/h1-10,13-15H. The summed E-state index contributed by atoms with van der Waals surface area (Å²) in [4.78, 5) is 30.5. The maximum atomic E-state index is 10.2. The quantitative estimate of drug-likeness (QED) is 0.679. The number of benzene rings is 2. The normalized spacial score (nSPS) is 14.1. The van der Waals surface area contributed by atoms with Gasteiger partial charge in [-0.05, 0) is 0 Å². The Bertz CT molecular complexity index is 430. The molecular formula is C12H13O3P. The third-order valence-electron chi connectivity index (χ3n) is 2.46. The van der Waals surface area contributed by atoms with E-state index >= 15 is 0 Å². The van der Waals surface area contributed by atoms with E-state index in [1.165, 1.54) is 24.3 Å². The van der Waals surface area contributed by atoms with E-state index in [0.29, 0.717) is 0 Å². The summed E-state index contributed by atoms with van der Waals surface area (Å²) in [6, 6.07) is 16.1. The predicted molar refractivity (Wildman–Crippen MR) is 65.7 cm³/mol. The second-order valence-electron chi connectivity index (χ2n) is 3.65. The summed E-state index contributed by atoms with van der Waals surface area (Å²) in [5.74, 6) is 0. The Morgan fingerprint density at radius 2 is 0.875 bits per heavy atom. The van der Waals surface area contributed by atoms with Crippen molar-refractivity contribution in [2.24, 2.45) is 0 Å². The van der Waals surface area contributed by atoms with Crippen LogP contribution in [0.15, 0.2) is 60.7 Å². The fourth-order valence-electron chi connectivity index (χ4n) is 1.55. The fraction of sp³-hybridized carbons (Fsp3) is 0. The number of hydrogen-bond donors (Lipinski definition) is 3. The van der Waals surface area contributed by atoms with E-state index < -0.39 is 7.28 Å². The monoisotopic (exact) mass is 236 g/mol. The summed E-state index contributed by atoms with van der Waals surface area (Å²) < 4.78 is 0. The van der Waals surface area contributed by atoms with Gasteiger partial charge in [-0.2, -0.15) is 0 Å². The molecule has 0 spiro atoms. The minimum absolute atomic E-state index is 0.139. The SMILES string of the molecule is OP(O)(O)(c1ccccc1)c1ccccc1. The molecule has 0 aliphatic heterocycles. The molecule has 0 aliphatic carbocycles. The number of rotatable bonds is 2. The summed E-state index contributed by atoms with van der Waals surface area (Å²) in [6.45, 7) is 0. The third kappa shape index (κ3) is 1.86. The first-order chi connectivity index (χ1) is 7.49. The van der Waals surface area contributed by atoms with Gasteiger partial charge in [-0.3, -0.25) is 0 Å². The molecule has 0 unspecified atom stereocenters. The van der Waals surface area contributed by atoms with Crippen LogP contribution in [0.2, 0.25) is 0 Å². The molecule has 0 radical (unpaired) electrons. The van der Waals surface area contributed by atoms with Crippen LogP contribution in [0.25, 0.3) is 0 Å². The second kappa shape index (κ2) is 3.65. The van der Waals surface area contributed by atoms with Gasteiger partial charge in [-0.15, -0.1) is 0 Å². The van der Waals surface area contributed by atoms with Crippen molar-refractivity contribution in [3.8, 4) is 0 Å². The van der Waals surface area contributed by atoms with E-state index in [1.807, 2.05) is 0 Å². The molecule has 2 aromatic carbocycles. The molecular weight excluding hydrogens is 223 g/mol. The Hall–Kier alpha value is -1.25. The average molecular weight is 236 g/mol. The van der Waals surface area contributed by atoms with E-state index in [1.54, 1.807) is 36.4 Å². The maximum absolute atomic E-state index is 10.2. The molecule has 0 atom stereocenters. The van der Waals surface area contributed by atoms with Crippen LogP contribution >= 0.6 is 7.28 Å². The van der Waals surface area contributed by atoms with Gasteiger partial charge in [-0.25, -0.2) is 0 Å². The summed E-state index contributed by atoms with van der Waals surface area (Å²) in [5.41, 5.74) is 0. The van der Waals surface area contributed by atoms with Crippen LogP contribution < -0.4 is 10.6 Å². The second-order valence-corrected chi connectivity index (χ2v) is 6.64. The van der Waals surface area contributed by atoms with Crippen molar-refractivity contribution in [2.75, 3.05) is 0 Å². The molecule has 2 aromatic rings. The minimum atomic E-state index is -4.93. The van der Waals surface area contributed by atoms with Crippen LogP contribution in [0.5, 0.6) is 0 Å². The molecule has 0 amide bonds. The summed E-state index contributed by atoms with van der Waals surface area (Å²) in [7, 11) is -4.93. The molecule has 0 bridgehead atoms. The van der Waals surface area contributed by atoms with Crippen molar-refractivity contribution in [3.63, 3.8) is 0 Å². The van der Waals surface area contributed by atoms with Crippen molar-refractivity contribution >= 4 is 17.9 Å². The van der Waals surface area contributed by atoms with Crippen LogP contribution in [0.3, 0.4) is 0 Å². The van der Waals surface area contributed by atoms with Gasteiger partial charge in [0.1, 0.15) is 0 Å². The molecule has 3 N–H and O–H groups in total. The third-order valence-corrected chi connectivity index (χ3v) is 4.96. The summed E-state index contributed by atoms with van der Waals surface area (Å²) in [6.07, 6.45) is 0. The molecule has 0 aromatic heterocycles. The Balaban J connectivity index is 2.60. The van der Waals surface area contributed by atoms with E-state index in [0.717, 1.165) is 0 Å². The van der Waals surface area contributed by atoms with Crippen molar-refractivity contribution in [1.82, 2.24) is 0 Å². The van der Waals surface area contributed by atoms with Crippen molar-refractivity contribution in [2.45, 2.75) is 0 Å². The van der Waals surface area contributed by atoms with Crippen LogP contribution in [0.4, 0.5) is 0 Å². The van der Waals surface area contributed by atoms with Crippen molar-refractivity contribution in [3.05, 3.63) is 60.7 Å². The summed E-state index contributed by atoms with van der Waals surface area (Å²) in [5, 5.41) is 0.277. The molecule has 4 heteroatoms. The Morgan fingerprint density at radius 3 is 1.19 bits per heavy atom. The molecule has 0 saturated heterocycles. The van der Waals surface area contributed by atoms with Crippen molar-refractivity contribution in [1.29, 1.82) is 0 Å². The van der Waals surface area contributed by atoms with Crippen LogP contribution in [-0.4, -0.2) is 14.7 Å². The molecule has 84 valence electrons. The topological polar surface area (TPSA) is 60.7 Å². The van der Waals surface area contributed by atoms with Crippen molar-refractivity contribution < 1.29 is 14.7 Å². The molecule has 0 aliphatic rings. The zero-order chi connectivity index (χ0) is 11.7. The first kappa shape index (κ1) is 11.2. The van der Waals surface area contributed by atoms with E-state index in [-0.39, 0.29) is 10.6 Å². The van der Waals surface area contributed by atoms with Gasteiger partial charge in [0.05, 0.1) is 0 Å². The van der Waals surface area contributed by atoms with Gasteiger partial charge in [0.15, 0.2) is 0 Å². The van der Waals surface area contributed by atoms with Crippen LogP contribution in [0.1, 0.15) is 0 Å². The van der Waals surface area contributed by atoms with Gasteiger partial charge in [0.25, 0.3) is 0 Å². The van der Waals surface area contributed by atoms with E-state index in [9.17, 15) is 14.7 Å². The Kier molecular flexibility index (Phi) is 2.56. The zero-order valence-corrected chi connectivity index (χ0v) is 9.46. The summed E-state index contributed by atoms with van der Waals surface area (Å²) >= 11 is 0. The molecule has 2 rings (SSSR count). The van der Waals surface area contributed by atoms with Gasteiger partial charge in [-0.1, -0.05) is 0 Å². The Labute approximate surface area is 93.8 Å². The fourth-order valence-corrected chi connectivity index (χ4v) is 3.29. The van der Waals surface area contributed by atoms with E-state index in [2.05, 4.69) is 0 Å². The van der Waals surface area contributed by atoms with Crippen LogP contribution in [0, 0.1) is 0 Å². The van der Waals surface area contributed by atoms with Crippen LogP contribution in [-0.2, 0) is 0 Å². The zero-order valence-electron chi connectivity index (χ0n) is 8.56.